The van der Waals surface area contributed by atoms with Gasteiger partial charge in [0.1, 0.15) is 18.1 Å². The summed E-state index contributed by atoms with van der Waals surface area (Å²) in [4.78, 5) is 12.1. The van der Waals surface area contributed by atoms with Gasteiger partial charge in [0.25, 0.3) is 5.91 Å². The third kappa shape index (κ3) is 4.76. The van der Waals surface area contributed by atoms with Crippen LogP contribution in [0.4, 0.5) is 0 Å². The van der Waals surface area contributed by atoms with Gasteiger partial charge in [0.2, 0.25) is 0 Å². The topological polar surface area (TPSA) is 47.6 Å². The summed E-state index contributed by atoms with van der Waals surface area (Å²) in [7, 11) is 0. The van der Waals surface area contributed by atoms with Crippen LogP contribution in [0.3, 0.4) is 0 Å². The highest BCUT2D eigenvalue weighted by Crippen LogP contribution is 2.24. The van der Waals surface area contributed by atoms with Crippen LogP contribution in [0.1, 0.15) is 6.92 Å². The van der Waals surface area contributed by atoms with Crippen molar-refractivity contribution in [2.75, 3.05) is 13.2 Å². The van der Waals surface area contributed by atoms with E-state index >= 15 is 0 Å². The quantitative estimate of drug-likeness (QED) is 0.577. The number of halogens is 1. The Labute approximate surface area is 161 Å². The molecule has 0 heterocycles. The lowest BCUT2D eigenvalue weighted by atomic mass is 10.1. The van der Waals surface area contributed by atoms with Gasteiger partial charge >= 0.3 is 0 Å². The van der Waals surface area contributed by atoms with E-state index < -0.39 is 6.10 Å². The van der Waals surface area contributed by atoms with Crippen molar-refractivity contribution in [2.24, 2.45) is 0 Å². The second kappa shape index (κ2) is 8.72. The summed E-state index contributed by atoms with van der Waals surface area (Å²) >= 11 is 3.37. The molecule has 1 amide bonds. The molecule has 134 valence electrons. The number of carbonyl (C=O) groups excluding carboxylic acids is 1. The van der Waals surface area contributed by atoms with E-state index in [2.05, 4.69) is 21.2 Å². The fourth-order valence-electron chi connectivity index (χ4n) is 2.57. The molecule has 0 unspecified atom stereocenters. The predicted molar refractivity (Wildman–Crippen MR) is 107 cm³/mol. The summed E-state index contributed by atoms with van der Waals surface area (Å²) in [6, 6.07) is 21.4. The molecule has 0 aliphatic heterocycles. The van der Waals surface area contributed by atoms with Crippen molar-refractivity contribution in [1.82, 2.24) is 5.32 Å². The van der Waals surface area contributed by atoms with Crippen LogP contribution in [0.15, 0.2) is 71.2 Å². The molecule has 0 aliphatic rings. The lowest BCUT2D eigenvalue weighted by Gasteiger charge is -2.15. The van der Waals surface area contributed by atoms with Gasteiger partial charge in [0.15, 0.2) is 6.10 Å². The zero-order chi connectivity index (χ0) is 18.4. The van der Waals surface area contributed by atoms with Gasteiger partial charge in [-0.3, -0.25) is 4.79 Å². The summed E-state index contributed by atoms with van der Waals surface area (Å²) < 4.78 is 12.4. The zero-order valence-electron chi connectivity index (χ0n) is 14.4. The molecule has 0 fully saturated rings. The van der Waals surface area contributed by atoms with E-state index in [9.17, 15) is 4.79 Å². The number of ether oxygens (including phenoxy) is 2. The Balaban J connectivity index is 1.46. The van der Waals surface area contributed by atoms with E-state index in [0.29, 0.717) is 18.9 Å². The number of hydrogen-bond acceptors (Lipinski definition) is 3. The first-order valence-electron chi connectivity index (χ1n) is 8.44. The number of carbonyl (C=O) groups is 1. The lowest BCUT2D eigenvalue weighted by Crippen LogP contribution is -2.38. The van der Waals surface area contributed by atoms with E-state index in [0.717, 1.165) is 21.0 Å². The standard InChI is InChI=1S/C21H20BrNO3/c1-15(26-18-11-9-17(22)10-12-18)21(24)23-13-14-25-20-8-4-6-16-5-2-3-7-19(16)20/h2-12,15H,13-14H2,1H3,(H,23,24)/t15-/m0/s1. The molecule has 0 aromatic heterocycles. The van der Waals surface area contributed by atoms with E-state index in [1.807, 2.05) is 66.7 Å². The van der Waals surface area contributed by atoms with Crippen molar-refractivity contribution < 1.29 is 14.3 Å². The molecule has 5 heteroatoms. The molecule has 3 aromatic carbocycles. The van der Waals surface area contributed by atoms with Crippen molar-refractivity contribution in [1.29, 1.82) is 0 Å². The number of hydrogen-bond donors (Lipinski definition) is 1. The molecule has 1 atom stereocenters. The molecule has 3 aromatic rings. The molecular weight excluding hydrogens is 394 g/mol. The maximum absolute atomic E-state index is 12.1. The van der Waals surface area contributed by atoms with Crippen LogP contribution < -0.4 is 14.8 Å². The van der Waals surface area contributed by atoms with E-state index in [1.54, 1.807) is 6.92 Å². The van der Waals surface area contributed by atoms with Gasteiger partial charge in [-0.1, -0.05) is 52.3 Å². The zero-order valence-corrected chi connectivity index (χ0v) is 16.0. The fourth-order valence-corrected chi connectivity index (χ4v) is 2.84. The van der Waals surface area contributed by atoms with Crippen LogP contribution in [0.5, 0.6) is 11.5 Å². The van der Waals surface area contributed by atoms with Crippen LogP contribution >= 0.6 is 15.9 Å². The van der Waals surface area contributed by atoms with Gasteiger partial charge in [0, 0.05) is 9.86 Å². The Bertz CT molecular complexity index is 875. The minimum Gasteiger partial charge on any atom is -0.491 e. The summed E-state index contributed by atoms with van der Waals surface area (Å²) in [6.07, 6.45) is -0.575. The second-order valence-corrected chi connectivity index (χ2v) is 6.75. The Morgan fingerprint density at radius 3 is 2.58 bits per heavy atom. The van der Waals surface area contributed by atoms with Crippen LogP contribution in [0, 0.1) is 0 Å². The molecule has 0 spiro atoms. The smallest absolute Gasteiger partial charge is 0.260 e. The van der Waals surface area contributed by atoms with Crippen molar-refractivity contribution in [3.63, 3.8) is 0 Å². The van der Waals surface area contributed by atoms with Crippen LogP contribution in [0.25, 0.3) is 10.8 Å². The highest BCUT2D eigenvalue weighted by Gasteiger charge is 2.14. The van der Waals surface area contributed by atoms with Gasteiger partial charge in [-0.05, 0) is 42.6 Å². The van der Waals surface area contributed by atoms with E-state index in [4.69, 9.17) is 9.47 Å². The number of fused-ring (bicyclic) bond motifs is 1. The van der Waals surface area contributed by atoms with Gasteiger partial charge in [0.05, 0.1) is 6.54 Å². The van der Waals surface area contributed by atoms with Crippen LogP contribution in [-0.4, -0.2) is 25.2 Å². The number of benzene rings is 3. The molecule has 0 radical (unpaired) electrons. The average molecular weight is 414 g/mol. The molecule has 0 saturated heterocycles. The minimum absolute atomic E-state index is 0.172. The summed E-state index contributed by atoms with van der Waals surface area (Å²) in [6.45, 7) is 2.53. The Kier molecular flexibility index (Phi) is 6.12. The highest BCUT2D eigenvalue weighted by molar-refractivity contribution is 9.10. The Hall–Kier alpha value is -2.53. The predicted octanol–water partition coefficient (Wildman–Crippen LogP) is 4.56. The maximum Gasteiger partial charge on any atom is 0.260 e. The van der Waals surface area contributed by atoms with Crippen LogP contribution in [0.2, 0.25) is 0 Å². The lowest BCUT2D eigenvalue weighted by molar-refractivity contribution is -0.127. The number of rotatable bonds is 7. The van der Waals surface area contributed by atoms with Crippen molar-refractivity contribution in [3.8, 4) is 11.5 Å². The Morgan fingerprint density at radius 2 is 1.77 bits per heavy atom. The SMILES string of the molecule is C[C@H](Oc1ccc(Br)cc1)C(=O)NCCOc1cccc2ccccc12. The van der Waals surface area contributed by atoms with Gasteiger partial charge in [-0.25, -0.2) is 0 Å². The third-order valence-corrected chi connectivity index (χ3v) is 4.43. The van der Waals surface area contributed by atoms with Crippen LogP contribution in [-0.2, 0) is 4.79 Å². The normalized spacial score (nSPS) is 11.8. The molecule has 26 heavy (non-hydrogen) atoms. The van der Waals surface area contributed by atoms with E-state index in [1.165, 1.54) is 0 Å². The van der Waals surface area contributed by atoms with Gasteiger partial charge < -0.3 is 14.8 Å². The van der Waals surface area contributed by atoms with Crippen molar-refractivity contribution in [2.45, 2.75) is 13.0 Å². The monoisotopic (exact) mass is 413 g/mol. The summed E-state index contributed by atoms with van der Waals surface area (Å²) in [5.41, 5.74) is 0. The molecule has 4 nitrogen and oxygen atoms in total. The first-order valence-corrected chi connectivity index (χ1v) is 9.23. The first kappa shape index (κ1) is 18.3. The molecule has 0 bridgehead atoms. The third-order valence-electron chi connectivity index (χ3n) is 3.90. The molecule has 1 N–H and O–H groups in total. The fraction of sp³-hybridized carbons (Fsp3) is 0.190. The molecular formula is C21H20BrNO3. The first-order chi connectivity index (χ1) is 12.6. The molecule has 0 saturated carbocycles. The molecule has 0 aliphatic carbocycles. The van der Waals surface area contributed by atoms with Gasteiger partial charge in [-0.15, -0.1) is 0 Å². The highest BCUT2D eigenvalue weighted by atomic mass is 79.9. The Morgan fingerprint density at radius 1 is 1.04 bits per heavy atom. The molecule has 3 rings (SSSR count). The summed E-state index contributed by atoms with van der Waals surface area (Å²) in [5, 5.41) is 5.03. The van der Waals surface area contributed by atoms with Crippen molar-refractivity contribution in [3.05, 3.63) is 71.2 Å². The minimum atomic E-state index is -0.575. The largest absolute Gasteiger partial charge is 0.491 e. The maximum atomic E-state index is 12.1. The number of nitrogens with one attached hydrogen (secondary N) is 1. The average Bonchev–Trinajstić information content (AvgIpc) is 2.67. The number of amides is 1. The van der Waals surface area contributed by atoms with Crippen molar-refractivity contribution >= 4 is 32.6 Å². The van der Waals surface area contributed by atoms with E-state index in [-0.39, 0.29) is 5.91 Å². The van der Waals surface area contributed by atoms with Gasteiger partial charge in [-0.2, -0.15) is 0 Å². The summed E-state index contributed by atoms with van der Waals surface area (Å²) in [5.74, 6) is 1.30. The second-order valence-electron chi connectivity index (χ2n) is 5.83.